The molecule has 65 valence electrons. The molecule has 0 aliphatic heterocycles. The second-order valence-corrected chi connectivity index (χ2v) is 8.66. The molecule has 2 N–H and O–H groups in total. The summed E-state index contributed by atoms with van der Waals surface area (Å²) >= 11 is 0. The van der Waals surface area contributed by atoms with Crippen LogP contribution in [0.25, 0.3) is 0 Å². The fourth-order valence-electron chi connectivity index (χ4n) is 0. The maximum atomic E-state index is 3.17. The molecule has 11 heavy (non-hydrogen) atoms. The Kier molecular flexibility index (Phi) is 24.7. The van der Waals surface area contributed by atoms with E-state index in [1.54, 1.807) is 0 Å². The standard InChI is InChI=1S/2C3H11NSi.K/c2*1-4-5(2)3;/h2*4-5H,1-3H3;. The van der Waals surface area contributed by atoms with E-state index in [2.05, 4.69) is 36.2 Å². The molecule has 0 unspecified atom stereocenters. The van der Waals surface area contributed by atoms with Crippen LogP contribution in [0.1, 0.15) is 0 Å². The Balaban J connectivity index is -0.000000107. The minimum absolute atomic E-state index is 0. The molecule has 0 aromatic heterocycles. The van der Waals surface area contributed by atoms with Gasteiger partial charge in [-0.05, 0) is 14.1 Å². The molecule has 0 aromatic rings. The monoisotopic (exact) mass is 217 g/mol. The van der Waals surface area contributed by atoms with E-state index in [-0.39, 0.29) is 51.4 Å². The molecule has 0 atom stereocenters. The third-order valence-corrected chi connectivity index (χ3v) is 3.46. The Hall–Kier alpha value is 1.99. The Labute approximate surface area is 118 Å². The van der Waals surface area contributed by atoms with Crippen LogP contribution >= 0.6 is 0 Å². The molecule has 1 radical (unpaired) electrons. The average molecular weight is 218 g/mol. The number of hydrogen-bond acceptors (Lipinski definition) is 2. The van der Waals surface area contributed by atoms with Gasteiger partial charge in [0.1, 0.15) is 17.9 Å². The zero-order chi connectivity index (χ0) is 8.57. The molecule has 0 heterocycles. The van der Waals surface area contributed by atoms with Gasteiger partial charge in [0.05, 0.1) is 0 Å². The van der Waals surface area contributed by atoms with Crippen LogP contribution in [0.4, 0.5) is 0 Å². The molecule has 0 spiro atoms. The first-order valence-corrected chi connectivity index (χ1v) is 9.66. The minimum Gasteiger partial charge on any atom is -0.343 e. The van der Waals surface area contributed by atoms with Crippen LogP contribution in [0.15, 0.2) is 0 Å². The van der Waals surface area contributed by atoms with Crippen molar-refractivity contribution in [1.29, 1.82) is 0 Å². The van der Waals surface area contributed by atoms with E-state index >= 15 is 0 Å². The summed E-state index contributed by atoms with van der Waals surface area (Å²) in [6, 6.07) is 0. The first-order valence-electron chi connectivity index (χ1n) is 3.89. The van der Waals surface area contributed by atoms with Gasteiger partial charge in [0.2, 0.25) is 0 Å². The van der Waals surface area contributed by atoms with Crippen molar-refractivity contribution in [2.75, 3.05) is 14.1 Å². The molecule has 0 fully saturated rings. The summed E-state index contributed by atoms with van der Waals surface area (Å²) < 4.78 is 0. The molecule has 0 rings (SSSR count). The normalized spacial score (nSPS) is 8.73. The molecule has 0 saturated carbocycles. The van der Waals surface area contributed by atoms with Crippen LogP contribution in [0.5, 0.6) is 0 Å². The van der Waals surface area contributed by atoms with E-state index in [0.717, 1.165) is 0 Å². The van der Waals surface area contributed by atoms with E-state index in [9.17, 15) is 0 Å². The summed E-state index contributed by atoms with van der Waals surface area (Å²) in [5, 5.41) is 0. The molecule has 0 amide bonds. The summed E-state index contributed by atoms with van der Waals surface area (Å²) in [4.78, 5) is 6.33. The fourth-order valence-corrected chi connectivity index (χ4v) is 0. The van der Waals surface area contributed by atoms with Crippen LogP contribution < -0.4 is 9.96 Å². The summed E-state index contributed by atoms with van der Waals surface area (Å²) in [7, 11) is 3.22. The van der Waals surface area contributed by atoms with E-state index in [1.165, 1.54) is 0 Å². The van der Waals surface area contributed by atoms with E-state index < -0.39 is 17.9 Å². The van der Waals surface area contributed by atoms with Crippen molar-refractivity contribution in [3.8, 4) is 0 Å². The van der Waals surface area contributed by atoms with Crippen molar-refractivity contribution >= 4 is 69.3 Å². The van der Waals surface area contributed by atoms with Crippen molar-refractivity contribution in [3.63, 3.8) is 0 Å². The van der Waals surface area contributed by atoms with Crippen LogP contribution in [0, 0.1) is 0 Å². The average Bonchev–Trinajstić information content (AvgIpc) is 1.89. The Morgan fingerprint density at radius 2 is 0.818 bits per heavy atom. The first-order chi connectivity index (χ1) is 4.54. The molecular formula is C6H22KN2Si2. The van der Waals surface area contributed by atoms with Crippen molar-refractivity contribution in [2.45, 2.75) is 26.2 Å². The molecule has 0 aromatic carbocycles. The van der Waals surface area contributed by atoms with Crippen molar-refractivity contribution in [2.24, 2.45) is 0 Å². The topological polar surface area (TPSA) is 24.1 Å². The summed E-state index contributed by atoms with van der Waals surface area (Å²) in [5.74, 6) is 0. The summed E-state index contributed by atoms with van der Waals surface area (Å²) in [6.07, 6.45) is 0. The van der Waals surface area contributed by atoms with Crippen LogP contribution in [-0.4, -0.2) is 83.4 Å². The minimum atomic E-state index is -0.400. The molecule has 0 aliphatic carbocycles. The van der Waals surface area contributed by atoms with Gasteiger partial charge in [0, 0.05) is 51.4 Å². The van der Waals surface area contributed by atoms with Crippen LogP contribution in [-0.2, 0) is 0 Å². The zero-order valence-corrected chi connectivity index (χ0v) is 14.6. The Bertz CT molecular complexity index is 54.5. The maximum absolute atomic E-state index is 3.17. The van der Waals surface area contributed by atoms with E-state index in [1.807, 2.05) is 14.1 Å². The molecule has 0 aliphatic rings. The Morgan fingerprint density at radius 3 is 0.818 bits per heavy atom. The van der Waals surface area contributed by atoms with Crippen molar-refractivity contribution in [1.82, 2.24) is 9.96 Å². The van der Waals surface area contributed by atoms with Gasteiger partial charge in [-0.15, -0.1) is 0 Å². The summed E-state index contributed by atoms with van der Waals surface area (Å²) in [6.45, 7) is 9.00. The zero-order valence-electron chi connectivity index (χ0n) is 9.15. The van der Waals surface area contributed by atoms with Gasteiger partial charge in [-0.25, -0.2) is 0 Å². The third kappa shape index (κ3) is 33.3. The van der Waals surface area contributed by atoms with Crippen molar-refractivity contribution < 1.29 is 0 Å². The maximum Gasteiger partial charge on any atom is 0.102 e. The van der Waals surface area contributed by atoms with Crippen LogP contribution in [0.3, 0.4) is 0 Å². The van der Waals surface area contributed by atoms with Crippen molar-refractivity contribution in [3.05, 3.63) is 0 Å². The van der Waals surface area contributed by atoms with E-state index in [0.29, 0.717) is 0 Å². The fraction of sp³-hybridized carbons (Fsp3) is 1.00. The predicted molar refractivity (Wildman–Crippen MR) is 61.6 cm³/mol. The van der Waals surface area contributed by atoms with Gasteiger partial charge in [0.15, 0.2) is 0 Å². The second kappa shape index (κ2) is 14.5. The molecule has 2 nitrogen and oxygen atoms in total. The molecule has 0 bridgehead atoms. The number of nitrogens with one attached hydrogen (secondary N) is 2. The smallest absolute Gasteiger partial charge is 0.102 e. The van der Waals surface area contributed by atoms with Gasteiger partial charge in [-0.2, -0.15) is 0 Å². The summed E-state index contributed by atoms with van der Waals surface area (Å²) in [5.41, 5.74) is 0. The molecule has 0 saturated heterocycles. The molecular weight excluding hydrogens is 195 g/mol. The van der Waals surface area contributed by atoms with Gasteiger partial charge >= 0.3 is 0 Å². The second-order valence-electron chi connectivity index (χ2n) is 2.89. The first kappa shape index (κ1) is 18.7. The van der Waals surface area contributed by atoms with Gasteiger partial charge < -0.3 is 9.96 Å². The van der Waals surface area contributed by atoms with Gasteiger partial charge in [-0.1, -0.05) is 26.2 Å². The SMILES string of the molecule is CN[SiH](C)C.CN[SiH](C)C.[K]. The largest absolute Gasteiger partial charge is 0.343 e. The molecule has 5 heteroatoms. The predicted octanol–water partition coefficient (Wildman–Crippen LogP) is -0.00240. The number of rotatable bonds is 2. The van der Waals surface area contributed by atoms with E-state index in [4.69, 9.17) is 0 Å². The Morgan fingerprint density at radius 1 is 0.727 bits per heavy atom. The quantitative estimate of drug-likeness (QED) is 0.636. The third-order valence-electron chi connectivity index (χ3n) is 1.15. The van der Waals surface area contributed by atoms with Gasteiger partial charge in [0.25, 0.3) is 0 Å². The van der Waals surface area contributed by atoms with Gasteiger partial charge in [-0.3, -0.25) is 0 Å². The van der Waals surface area contributed by atoms with Crippen LogP contribution in [0.2, 0.25) is 26.2 Å². The number of hydrogen-bond donors (Lipinski definition) is 2.